The van der Waals surface area contributed by atoms with Crippen molar-refractivity contribution in [3.8, 4) is 0 Å². The van der Waals surface area contributed by atoms with Gasteiger partial charge in [-0.1, -0.05) is 6.92 Å². The minimum absolute atomic E-state index is 0.152. The van der Waals surface area contributed by atoms with Gasteiger partial charge in [-0.2, -0.15) is 0 Å². The third-order valence-corrected chi connectivity index (χ3v) is 12.3. The van der Waals surface area contributed by atoms with E-state index in [2.05, 4.69) is 0 Å². The number of cyclic esters (lactones) is 1. The van der Waals surface area contributed by atoms with Gasteiger partial charge in [-0.15, -0.1) is 0 Å². The lowest BCUT2D eigenvalue weighted by atomic mass is 9.41. The topological polar surface area (TPSA) is 172 Å². The molecule has 4 saturated carbocycles. The van der Waals surface area contributed by atoms with Crippen molar-refractivity contribution < 1.29 is 54.1 Å². The summed E-state index contributed by atoms with van der Waals surface area (Å²) in [5.41, 5.74) is -3.98. The molecule has 0 aromatic carbocycles. The summed E-state index contributed by atoms with van der Waals surface area (Å²) in [7, 11) is 1.40. The summed E-state index contributed by atoms with van der Waals surface area (Å²) in [5, 5.41) is 57.0. The van der Waals surface area contributed by atoms with Crippen LogP contribution in [0.15, 0.2) is 11.6 Å². The van der Waals surface area contributed by atoms with Crippen molar-refractivity contribution in [2.24, 2.45) is 28.6 Å². The van der Waals surface area contributed by atoms with Crippen LogP contribution in [0.5, 0.6) is 0 Å². The third-order valence-electron chi connectivity index (χ3n) is 12.3. The summed E-state index contributed by atoms with van der Waals surface area (Å²) in [6.07, 6.45) is -1.06. The highest BCUT2D eigenvalue weighted by molar-refractivity contribution is 5.85. The maximum Gasteiger partial charge on any atom is 0.331 e. The predicted octanol–water partition coefficient (Wildman–Crippen LogP) is 0.375. The fraction of sp³-hybridized carbons (Fsp3) is 0.867. The van der Waals surface area contributed by atoms with Crippen molar-refractivity contribution in [2.45, 2.75) is 119 Å². The zero-order valence-electron chi connectivity index (χ0n) is 24.0. The summed E-state index contributed by atoms with van der Waals surface area (Å²) in [6.45, 7) is 3.70. The van der Waals surface area contributed by atoms with Crippen molar-refractivity contribution in [2.75, 3.05) is 13.7 Å². The molecule has 2 aliphatic heterocycles. The highest BCUT2D eigenvalue weighted by Gasteiger charge is 2.74. The molecule has 230 valence electrons. The minimum Gasteiger partial charge on any atom is -0.458 e. The van der Waals surface area contributed by atoms with E-state index in [1.165, 1.54) is 13.2 Å². The van der Waals surface area contributed by atoms with Crippen LogP contribution in [0, 0.1) is 28.6 Å². The minimum atomic E-state index is -1.42. The standard InChI is InChI=1S/C30H44O11/c1-15-23(34)24(35)25(38-3)26(40-15)41-17-4-7-28(14-31)20-11-21(32)27(2)18(16-10-22(33)39-13-16)6-9-30(27,37)19(20)5-8-29(28,36)12-17/h10,14-15,17-21,23-26,32,34-37H,4-9,11-13H2,1-3H3. The van der Waals surface area contributed by atoms with Gasteiger partial charge < -0.3 is 49.3 Å². The number of aliphatic hydroxyl groups excluding tert-OH is 3. The van der Waals surface area contributed by atoms with Crippen LogP contribution in [-0.2, 0) is 28.5 Å². The smallest absolute Gasteiger partial charge is 0.331 e. The molecule has 41 heavy (non-hydrogen) atoms. The maximum absolute atomic E-state index is 13.1. The number of aliphatic hydroxyl groups is 5. The van der Waals surface area contributed by atoms with Crippen LogP contribution in [0.2, 0.25) is 0 Å². The third kappa shape index (κ3) is 4.00. The molecule has 11 nitrogen and oxygen atoms in total. The van der Waals surface area contributed by atoms with E-state index >= 15 is 0 Å². The van der Waals surface area contributed by atoms with E-state index < -0.39 is 76.8 Å². The normalized spacial score (nSPS) is 54.9. The maximum atomic E-state index is 13.1. The van der Waals surface area contributed by atoms with Gasteiger partial charge in [0.05, 0.1) is 34.9 Å². The molecule has 5 N–H and O–H groups in total. The molecule has 5 fully saturated rings. The van der Waals surface area contributed by atoms with Crippen LogP contribution in [-0.4, -0.2) is 106 Å². The molecule has 0 spiro atoms. The Morgan fingerprint density at radius 1 is 1.05 bits per heavy atom. The molecule has 1 saturated heterocycles. The first-order chi connectivity index (χ1) is 19.3. The summed E-state index contributed by atoms with van der Waals surface area (Å²) < 4.78 is 22.6. The molecule has 0 amide bonds. The van der Waals surface area contributed by atoms with Crippen molar-refractivity contribution in [1.29, 1.82) is 0 Å². The zero-order chi connectivity index (χ0) is 29.5. The van der Waals surface area contributed by atoms with Gasteiger partial charge >= 0.3 is 5.97 Å². The van der Waals surface area contributed by atoms with Gasteiger partial charge in [0.15, 0.2) is 6.29 Å². The summed E-state index contributed by atoms with van der Waals surface area (Å²) >= 11 is 0. The highest BCUT2D eigenvalue weighted by Crippen LogP contribution is 2.70. The second-order valence-corrected chi connectivity index (χ2v) is 13.7. The van der Waals surface area contributed by atoms with Crippen molar-refractivity contribution in [3.63, 3.8) is 0 Å². The Kier molecular flexibility index (Phi) is 7.26. The van der Waals surface area contributed by atoms with Gasteiger partial charge in [-0.25, -0.2) is 4.79 Å². The summed E-state index contributed by atoms with van der Waals surface area (Å²) in [5.74, 6) is -1.36. The van der Waals surface area contributed by atoms with E-state index in [9.17, 15) is 35.1 Å². The van der Waals surface area contributed by atoms with Gasteiger partial charge in [0.1, 0.15) is 31.2 Å². The molecule has 0 aromatic heterocycles. The molecular weight excluding hydrogens is 536 g/mol. The molecule has 2 heterocycles. The average Bonchev–Trinajstić information content (AvgIpc) is 3.48. The monoisotopic (exact) mass is 580 g/mol. The fourth-order valence-corrected chi connectivity index (χ4v) is 9.98. The predicted molar refractivity (Wildman–Crippen MR) is 141 cm³/mol. The van der Waals surface area contributed by atoms with E-state index in [4.69, 9.17) is 18.9 Å². The van der Waals surface area contributed by atoms with Crippen LogP contribution >= 0.6 is 0 Å². The number of aldehydes is 1. The molecule has 14 unspecified atom stereocenters. The number of fused-ring (bicyclic) bond motifs is 5. The first kappa shape index (κ1) is 29.6. The van der Waals surface area contributed by atoms with E-state index in [0.717, 1.165) is 11.9 Å². The lowest BCUT2D eigenvalue weighted by Gasteiger charge is -2.66. The molecule has 4 aliphatic carbocycles. The average molecular weight is 581 g/mol. The zero-order valence-corrected chi connectivity index (χ0v) is 24.0. The number of hydrogen-bond acceptors (Lipinski definition) is 11. The second-order valence-electron chi connectivity index (χ2n) is 13.7. The van der Waals surface area contributed by atoms with E-state index in [1.54, 1.807) is 6.92 Å². The Hall–Kier alpha value is -1.44. The Morgan fingerprint density at radius 2 is 1.80 bits per heavy atom. The quantitative estimate of drug-likeness (QED) is 0.173. The van der Waals surface area contributed by atoms with Crippen molar-refractivity contribution in [3.05, 3.63) is 11.6 Å². The summed E-state index contributed by atoms with van der Waals surface area (Å²) in [6, 6.07) is 0. The van der Waals surface area contributed by atoms with Crippen LogP contribution in [0.25, 0.3) is 0 Å². The molecule has 6 aliphatic rings. The lowest BCUT2D eigenvalue weighted by Crippen LogP contribution is -2.71. The fourth-order valence-electron chi connectivity index (χ4n) is 9.98. The van der Waals surface area contributed by atoms with Crippen molar-refractivity contribution >= 4 is 12.3 Å². The summed E-state index contributed by atoms with van der Waals surface area (Å²) in [4.78, 5) is 24.9. The van der Waals surface area contributed by atoms with Gasteiger partial charge in [0.25, 0.3) is 0 Å². The molecule has 0 bridgehead atoms. The van der Waals surface area contributed by atoms with Gasteiger partial charge in [0, 0.05) is 25.0 Å². The molecule has 11 heteroatoms. The van der Waals surface area contributed by atoms with E-state index in [0.29, 0.717) is 32.1 Å². The molecule has 6 rings (SSSR count). The van der Waals surface area contributed by atoms with Crippen LogP contribution in [0.3, 0.4) is 0 Å². The molecule has 14 atom stereocenters. The largest absolute Gasteiger partial charge is 0.458 e. The number of esters is 1. The number of methoxy groups -OCH3 is 1. The van der Waals surface area contributed by atoms with Gasteiger partial charge in [0.2, 0.25) is 0 Å². The molecular formula is C30H44O11. The van der Waals surface area contributed by atoms with E-state index in [-0.39, 0.29) is 37.7 Å². The number of carbonyl (C=O) groups excluding carboxylic acids is 2. The first-order valence-electron chi connectivity index (χ1n) is 15.0. The van der Waals surface area contributed by atoms with Gasteiger partial charge in [-0.3, -0.25) is 0 Å². The Labute approximate surface area is 239 Å². The van der Waals surface area contributed by atoms with Crippen LogP contribution in [0.4, 0.5) is 0 Å². The number of carbonyl (C=O) groups is 2. The molecule has 0 aromatic rings. The van der Waals surface area contributed by atoms with Crippen molar-refractivity contribution in [1.82, 2.24) is 0 Å². The lowest BCUT2D eigenvalue weighted by molar-refractivity contribution is -0.322. The van der Waals surface area contributed by atoms with Gasteiger partial charge in [-0.05, 0) is 75.2 Å². The number of rotatable bonds is 5. The van der Waals surface area contributed by atoms with E-state index in [1.807, 2.05) is 6.92 Å². The second kappa shape index (κ2) is 10.1. The van der Waals surface area contributed by atoms with Crippen LogP contribution < -0.4 is 0 Å². The Bertz CT molecular complexity index is 1100. The molecule has 0 radical (unpaired) electrons. The first-order valence-corrected chi connectivity index (χ1v) is 15.0. The van der Waals surface area contributed by atoms with Crippen LogP contribution in [0.1, 0.15) is 65.2 Å². The highest BCUT2D eigenvalue weighted by atomic mass is 16.7. The SMILES string of the molecule is COC1C(OC2CCC3(C=O)C4CC(O)C5(C)C(C6=CC(=O)OC6)CCC5(O)C4CCC3(O)C2)OC(C)C(O)C1O. The number of hydrogen-bond donors (Lipinski definition) is 5. The Morgan fingerprint density at radius 3 is 2.46 bits per heavy atom. The Balaban J connectivity index is 1.25. The number of ether oxygens (including phenoxy) is 4.